The molecular weight excluding hydrogens is 202 g/mol. The molecule has 1 heterocycles. The lowest BCUT2D eigenvalue weighted by molar-refractivity contribution is 0.319. The largest absolute Gasteiger partial charge is 0.491 e. The maximum Gasteiger partial charge on any atom is 0.142 e. The third-order valence-electron chi connectivity index (χ3n) is 2.42. The lowest BCUT2D eigenvalue weighted by atomic mass is 10.3. The zero-order chi connectivity index (χ0) is 11.4. The van der Waals surface area contributed by atoms with E-state index in [9.17, 15) is 0 Å². The van der Waals surface area contributed by atoms with Gasteiger partial charge in [-0.05, 0) is 12.1 Å². The standard InChI is InChI=1S/C12H15N3O/c1-15-8-7-14-12(15)6-9-16-11-5-3-2-4-10(11)13/h2-5,7-8H,6,9,13H2,1H3. The number of aryl methyl sites for hydroxylation is 1. The van der Waals surface area contributed by atoms with Crippen LogP contribution in [0.15, 0.2) is 36.7 Å². The number of para-hydroxylation sites is 2. The van der Waals surface area contributed by atoms with Gasteiger partial charge in [0.1, 0.15) is 11.6 Å². The summed E-state index contributed by atoms with van der Waals surface area (Å²) in [7, 11) is 1.97. The highest BCUT2D eigenvalue weighted by atomic mass is 16.5. The van der Waals surface area contributed by atoms with Crippen LogP contribution in [0.4, 0.5) is 5.69 Å². The van der Waals surface area contributed by atoms with Gasteiger partial charge in [0.25, 0.3) is 0 Å². The van der Waals surface area contributed by atoms with Gasteiger partial charge < -0.3 is 15.0 Å². The summed E-state index contributed by atoms with van der Waals surface area (Å²) >= 11 is 0. The van der Waals surface area contributed by atoms with Crippen LogP contribution in [0.2, 0.25) is 0 Å². The van der Waals surface area contributed by atoms with Crippen molar-refractivity contribution in [2.75, 3.05) is 12.3 Å². The third-order valence-corrected chi connectivity index (χ3v) is 2.42. The Balaban J connectivity index is 1.89. The van der Waals surface area contributed by atoms with Gasteiger partial charge in [-0.2, -0.15) is 0 Å². The van der Waals surface area contributed by atoms with Gasteiger partial charge in [0.15, 0.2) is 0 Å². The highest BCUT2D eigenvalue weighted by molar-refractivity contribution is 5.51. The second-order valence-corrected chi connectivity index (χ2v) is 3.59. The fourth-order valence-corrected chi connectivity index (χ4v) is 1.50. The Labute approximate surface area is 94.7 Å². The minimum absolute atomic E-state index is 0.582. The maximum absolute atomic E-state index is 5.76. The average Bonchev–Trinajstić information content (AvgIpc) is 2.67. The molecular formula is C12H15N3O. The number of imidazole rings is 1. The quantitative estimate of drug-likeness (QED) is 0.792. The molecule has 0 aliphatic heterocycles. The molecule has 0 unspecified atom stereocenters. The van der Waals surface area contributed by atoms with E-state index in [1.807, 2.05) is 42.1 Å². The predicted octanol–water partition coefficient (Wildman–Crippen LogP) is 1.62. The lowest BCUT2D eigenvalue weighted by Crippen LogP contribution is -2.07. The van der Waals surface area contributed by atoms with Crippen molar-refractivity contribution < 1.29 is 4.74 Å². The maximum atomic E-state index is 5.76. The molecule has 2 rings (SSSR count). The van der Waals surface area contributed by atoms with Crippen LogP contribution in [-0.4, -0.2) is 16.2 Å². The molecule has 0 bridgehead atoms. The summed E-state index contributed by atoms with van der Waals surface area (Å²) in [6.07, 6.45) is 4.48. The van der Waals surface area contributed by atoms with Gasteiger partial charge in [-0.15, -0.1) is 0 Å². The monoisotopic (exact) mass is 217 g/mol. The predicted molar refractivity (Wildman–Crippen MR) is 63.3 cm³/mol. The minimum Gasteiger partial charge on any atom is -0.491 e. The first-order valence-corrected chi connectivity index (χ1v) is 5.21. The molecule has 4 heteroatoms. The number of anilines is 1. The lowest BCUT2D eigenvalue weighted by Gasteiger charge is -2.08. The van der Waals surface area contributed by atoms with Gasteiger partial charge in [-0.3, -0.25) is 0 Å². The highest BCUT2D eigenvalue weighted by Crippen LogP contribution is 2.19. The van der Waals surface area contributed by atoms with Crippen molar-refractivity contribution in [1.29, 1.82) is 0 Å². The van der Waals surface area contributed by atoms with Gasteiger partial charge in [0.2, 0.25) is 0 Å². The zero-order valence-corrected chi connectivity index (χ0v) is 9.26. The van der Waals surface area contributed by atoms with Gasteiger partial charge in [-0.25, -0.2) is 4.98 Å². The number of hydrogen-bond acceptors (Lipinski definition) is 3. The molecule has 0 amide bonds. The van der Waals surface area contributed by atoms with Gasteiger partial charge >= 0.3 is 0 Å². The SMILES string of the molecule is Cn1ccnc1CCOc1ccccc1N. The Morgan fingerprint density at radius 1 is 1.38 bits per heavy atom. The van der Waals surface area contributed by atoms with E-state index in [-0.39, 0.29) is 0 Å². The van der Waals surface area contributed by atoms with Crippen LogP contribution < -0.4 is 10.5 Å². The van der Waals surface area contributed by atoms with E-state index in [0.29, 0.717) is 12.3 Å². The number of rotatable bonds is 4. The number of ether oxygens (including phenoxy) is 1. The fourth-order valence-electron chi connectivity index (χ4n) is 1.50. The van der Waals surface area contributed by atoms with Crippen molar-refractivity contribution in [2.45, 2.75) is 6.42 Å². The molecule has 1 aromatic heterocycles. The molecule has 2 aromatic rings. The summed E-state index contributed by atoms with van der Waals surface area (Å²) in [4.78, 5) is 4.22. The fraction of sp³-hybridized carbons (Fsp3) is 0.250. The Kier molecular flexibility index (Phi) is 3.10. The Hall–Kier alpha value is -1.97. The third kappa shape index (κ3) is 2.34. The van der Waals surface area contributed by atoms with Gasteiger partial charge in [-0.1, -0.05) is 12.1 Å². The molecule has 4 nitrogen and oxygen atoms in total. The molecule has 0 saturated carbocycles. The number of aromatic nitrogens is 2. The normalized spacial score (nSPS) is 10.3. The summed E-state index contributed by atoms with van der Waals surface area (Å²) in [6.45, 7) is 0.582. The Morgan fingerprint density at radius 3 is 2.88 bits per heavy atom. The van der Waals surface area contributed by atoms with Gasteiger partial charge in [0, 0.05) is 25.9 Å². The van der Waals surface area contributed by atoms with Crippen molar-refractivity contribution >= 4 is 5.69 Å². The van der Waals surface area contributed by atoms with E-state index in [1.165, 1.54) is 0 Å². The minimum atomic E-state index is 0.582. The number of nitrogens with two attached hydrogens (primary N) is 1. The van der Waals surface area contributed by atoms with E-state index in [2.05, 4.69) is 4.98 Å². The molecule has 16 heavy (non-hydrogen) atoms. The van der Waals surface area contributed by atoms with Crippen molar-refractivity contribution in [3.8, 4) is 5.75 Å². The molecule has 0 aliphatic rings. The van der Waals surface area contributed by atoms with E-state index in [4.69, 9.17) is 10.5 Å². The molecule has 0 radical (unpaired) electrons. The summed E-state index contributed by atoms with van der Waals surface area (Å²) in [5.74, 6) is 1.74. The first-order chi connectivity index (χ1) is 7.77. The topological polar surface area (TPSA) is 53.1 Å². The Morgan fingerprint density at radius 2 is 2.19 bits per heavy atom. The molecule has 0 spiro atoms. The summed E-state index contributed by atoms with van der Waals surface area (Å²) < 4.78 is 7.57. The molecule has 0 aliphatic carbocycles. The Bertz CT molecular complexity index is 465. The second-order valence-electron chi connectivity index (χ2n) is 3.59. The summed E-state index contributed by atoms with van der Waals surface area (Å²) in [5.41, 5.74) is 6.43. The molecule has 0 fully saturated rings. The first kappa shape index (κ1) is 10.5. The zero-order valence-electron chi connectivity index (χ0n) is 9.26. The average molecular weight is 217 g/mol. The summed E-state index contributed by atoms with van der Waals surface area (Å²) in [6, 6.07) is 7.50. The van der Waals surface area contributed by atoms with Crippen LogP contribution in [0.1, 0.15) is 5.82 Å². The van der Waals surface area contributed by atoms with Crippen LogP contribution in [0.5, 0.6) is 5.75 Å². The highest BCUT2D eigenvalue weighted by Gasteiger charge is 2.01. The number of nitrogen functional groups attached to an aromatic ring is 1. The van der Waals surface area contributed by atoms with Crippen molar-refractivity contribution in [3.05, 3.63) is 42.5 Å². The smallest absolute Gasteiger partial charge is 0.142 e. The van der Waals surface area contributed by atoms with Crippen LogP contribution in [0, 0.1) is 0 Å². The second kappa shape index (κ2) is 4.70. The van der Waals surface area contributed by atoms with Crippen molar-refractivity contribution in [3.63, 3.8) is 0 Å². The molecule has 0 saturated heterocycles. The van der Waals surface area contributed by atoms with Crippen LogP contribution in [0.3, 0.4) is 0 Å². The van der Waals surface area contributed by atoms with Crippen molar-refractivity contribution in [1.82, 2.24) is 9.55 Å². The van der Waals surface area contributed by atoms with Crippen LogP contribution in [0.25, 0.3) is 0 Å². The van der Waals surface area contributed by atoms with Crippen LogP contribution in [-0.2, 0) is 13.5 Å². The first-order valence-electron chi connectivity index (χ1n) is 5.21. The van der Waals surface area contributed by atoms with E-state index >= 15 is 0 Å². The number of nitrogens with zero attached hydrogens (tertiary/aromatic N) is 2. The number of hydrogen-bond donors (Lipinski definition) is 1. The number of benzene rings is 1. The van der Waals surface area contributed by atoms with Gasteiger partial charge in [0.05, 0.1) is 12.3 Å². The van der Waals surface area contributed by atoms with Crippen LogP contribution >= 0.6 is 0 Å². The van der Waals surface area contributed by atoms with Crippen molar-refractivity contribution in [2.24, 2.45) is 7.05 Å². The van der Waals surface area contributed by atoms with E-state index in [0.717, 1.165) is 18.0 Å². The van der Waals surface area contributed by atoms with E-state index < -0.39 is 0 Å². The molecule has 2 N–H and O–H groups in total. The molecule has 84 valence electrons. The van der Waals surface area contributed by atoms with E-state index in [1.54, 1.807) is 6.20 Å². The molecule has 0 atom stereocenters. The summed E-state index contributed by atoms with van der Waals surface area (Å²) in [5, 5.41) is 0. The molecule has 1 aromatic carbocycles.